The zero-order valence-corrected chi connectivity index (χ0v) is 3.76. The van der Waals surface area contributed by atoms with E-state index in [1.54, 1.807) is 0 Å². The fourth-order valence-corrected chi connectivity index (χ4v) is 0.430. The van der Waals surface area contributed by atoms with Crippen molar-refractivity contribution in [3.05, 3.63) is 0 Å². The second kappa shape index (κ2) is 3.67. The van der Waals surface area contributed by atoms with Gasteiger partial charge in [-0.1, -0.05) is 0 Å². The zero-order chi connectivity index (χ0) is 5.28. The van der Waals surface area contributed by atoms with Crippen LogP contribution in [0.1, 0.15) is 6.42 Å². The summed E-state index contributed by atoms with van der Waals surface area (Å²) in [6.45, 7) is 0.608. The zero-order valence-electron chi connectivity index (χ0n) is 3.76. The fourth-order valence-electron chi connectivity index (χ4n) is 0.430. The van der Waals surface area contributed by atoms with E-state index in [1.165, 1.54) is 0 Å². The monoisotopic (exact) mass is 144 g/mol. The molecule has 0 amide bonds. The summed E-state index contributed by atoms with van der Waals surface area (Å²) in [5.74, 6) is -0.841. The molecule has 8 heavy (non-hydrogen) atoms. The molecular weight excluding hydrogens is 136 g/mol. The normalized spacial score (nSPS) is 25.2. The van der Waals surface area contributed by atoms with Crippen LogP contribution in [-0.4, -0.2) is 61.5 Å². The van der Waals surface area contributed by atoms with Crippen LogP contribution in [0.5, 0.6) is 0 Å². The molecule has 1 rings (SSSR count). The van der Waals surface area contributed by atoms with Gasteiger partial charge in [-0.25, -0.2) is 4.79 Å². The summed E-state index contributed by atoms with van der Waals surface area (Å²) in [4.78, 5) is 9.86. The molecule has 0 aromatic carbocycles. The number of carbonyl (C=O) groups is 1. The molecule has 1 heterocycles. The molecule has 1 aliphatic heterocycles. The van der Waals surface area contributed by atoms with Crippen LogP contribution in [0.25, 0.3) is 0 Å². The summed E-state index contributed by atoms with van der Waals surface area (Å²) in [6.07, 6.45) is 0.176. The number of carboxylic acid groups (broad SMARTS) is 1. The molecule has 0 saturated carbocycles. The Morgan fingerprint density at radius 1 is 1.75 bits per heavy atom. The van der Waals surface area contributed by atoms with Gasteiger partial charge in [0, 0.05) is 6.42 Å². The number of aliphatic carboxylic acids is 1. The molecule has 1 fully saturated rings. The third kappa shape index (κ3) is 1.90. The van der Waals surface area contributed by atoms with Gasteiger partial charge in [0.05, 0.1) is 6.61 Å². The number of ether oxygens (including phenoxy) is 1. The van der Waals surface area contributed by atoms with Crippen LogP contribution in [-0.2, 0) is 9.53 Å². The molecule has 44 valence electrons. The number of hydrogen-bond acceptors (Lipinski definition) is 2. The van der Waals surface area contributed by atoms with Crippen LogP contribution in [0, 0.1) is 0 Å². The number of rotatable bonds is 1. The molecule has 1 unspecified atom stereocenters. The Labute approximate surface area is 77.0 Å². The minimum atomic E-state index is -0.841. The fraction of sp³-hybridized carbons (Fsp3) is 0.750. The Kier molecular flexibility index (Phi) is 3.98. The summed E-state index contributed by atoms with van der Waals surface area (Å²) in [7, 11) is 0. The third-order valence-electron chi connectivity index (χ3n) is 0.975. The number of hydrogen-bond donors (Lipinski definition) is 1. The molecule has 1 atom stereocenters. The van der Waals surface area contributed by atoms with E-state index in [9.17, 15) is 4.79 Å². The molecule has 3 nitrogen and oxygen atoms in total. The van der Waals surface area contributed by atoms with Gasteiger partial charge in [0.2, 0.25) is 0 Å². The summed E-state index contributed by atoms with van der Waals surface area (Å²) in [5, 5.41) is 8.11. The minimum absolute atomic E-state index is 0. The van der Waals surface area contributed by atoms with E-state index in [4.69, 9.17) is 5.11 Å². The van der Waals surface area contributed by atoms with Crippen LogP contribution in [0.3, 0.4) is 0 Å². The van der Waals surface area contributed by atoms with Crippen molar-refractivity contribution >= 4 is 43.7 Å². The van der Waals surface area contributed by atoms with E-state index in [0.717, 1.165) is 0 Å². The van der Waals surface area contributed by atoms with E-state index in [0.29, 0.717) is 13.0 Å². The summed E-state index contributed by atoms with van der Waals surface area (Å²) in [5.41, 5.74) is 0. The Hall–Kier alpha value is 0.690. The van der Waals surface area contributed by atoms with Crippen LogP contribution in [0.15, 0.2) is 0 Å². The van der Waals surface area contributed by atoms with Gasteiger partial charge in [0.25, 0.3) is 0 Å². The van der Waals surface area contributed by atoms with Gasteiger partial charge < -0.3 is 9.84 Å². The average Bonchev–Trinajstić information content (AvgIpc) is 1.23. The van der Waals surface area contributed by atoms with E-state index in [2.05, 4.69) is 4.74 Å². The van der Waals surface area contributed by atoms with Gasteiger partial charge in [-0.05, 0) is 0 Å². The Morgan fingerprint density at radius 2 is 2.25 bits per heavy atom. The molecule has 0 aromatic rings. The molecule has 1 saturated heterocycles. The molecule has 0 aromatic heterocycles. The van der Waals surface area contributed by atoms with Gasteiger partial charge in [0.15, 0.2) is 6.10 Å². The van der Waals surface area contributed by atoms with Crippen LogP contribution in [0.4, 0.5) is 0 Å². The van der Waals surface area contributed by atoms with Crippen molar-refractivity contribution in [1.82, 2.24) is 0 Å². The van der Waals surface area contributed by atoms with E-state index < -0.39 is 12.1 Å². The van der Waals surface area contributed by atoms with Crippen molar-refractivity contribution in [2.45, 2.75) is 12.5 Å². The van der Waals surface area contributed by atoms with Gasteiger partial charge in [0.1, 0.15) is 0 Å². The standard InChI is InChI=1S/C4H6O3.Ca.2H/c5-4(6)3-1-2-7-3;;;/h3H,1-2H2,(H,5,6);;;. The van der Waals surface area contributed by atoms with Gasteiger partial charge in [-0.3, -0.25) is 0 Å². The van der Waals surface area contributed by atoms with E-state index in [1.807, 2.05) is 0 Å². The summed E-state index contributed by atoms with van der Waals surface area (Å²) >= 11 is 0. The molecule has 0 bridgehead atoms. The first-order valence-corrected chi connectivity index (χ1v) is 2.15. The molecule has 0 aliphatic carbocycles. The van der Waals surface area contributed by atoms with Crippen LogP contribution >= 0.6 is 0 Å². The number of carboxylic acids is 1. The Bertz CT molecular complexity index is 89.3. The van der Waals surface area contributed by atoms with Crippen molar-refractivity contribution < 1.29 is 14.6 Å². The maximum absolute atomic E-state index is 9.86. The predicted octanol–water partition coefficient (Wildman–Crippen LogP) is -1.06. The molecule has 0 radical (unpaired) electrons. The van der Waals surface area contributed by atoms with Crippen LogP contribution < -0.4 is 0 Å². The average molecular weight is 144 g/mol. The second-order valence-electron chi connectivity index (χ2n) is 1.49. The summed E-state index contributed by atoms with van der Waals surface area (Å²) < 4.78 is 4.59. The Morgan fingerprint density at radius 3 is 2.25 bits per heavy atom. The molecular formula is C4H8CaO3. The van der Waals surface area contributed by atoms with Crippen molar-refractivity contribution in [2.24, 2.45) is 0 Å². The van der Waals surface area contributed by atoms with Crippen molar-refractivity contribution in [3.63, 3.8) is 0 Å². The van der Waals surface area contributed by atoms with Gasteiger partial charge in [-0.15, -0.1) is 0 Å². The van der Waals surface area contributed by atoms with Gasteiger partial charge >= 0.3 is 43.7 Å². The predicted molar refractivity (Wildman–Crippen MR) is 30.5 cm³/mol. The second-order valence-corrected chi connectivity index (χ2v) is 1.49. The quantitative estimate of drug-likeness (QED) is 0.477. The van der Waals surface area contributed by atoms with E-state index >= 15 is 0 Å². The van der Waals surface area contributed by atoms with Gasteiger partial charge in [-0.2, -0.15) is 0 Å². The Balaban J connectivity index is 0.000000490. The van der Waals surface area contributed by atoms with E-state index in [-0.39, 0.29) is 37.7 Å². The molecule has 1 N–H and O–H groups in total. The SMILES string of the molecule is O=C(O)C1CCO1.[CaH2]. The maximum atomic E-state index is 9.86. The first-order chi connectivity index (χ1) is 3.30. The molecule has 1 aliphatic rings. The van der Waals surface area contributed by atoms with Crippen molar-refractivity contribution in [2.75, 3.05) is 6.61 Å². The third-order valence-corrected chi connectivity index (χ3v) is 0.975. The summed E-state index contributed by atoms with van der Waals surface area (Å²) in [6, 6.07) is 0. The van der Waals surface area contributed by atoms with Crippen molar-refractivity contribution in [1.29, 1.82) is 0 Å². The van der Waals surface area contributed by atoms with Crippen LogP contribution in [0.2, 0.25) is 0 Å². The van der Waals surface area contributed by atoms with Crippen molar-refractivity contribution in [3.8, 4) is 0 Å². The first-order valence-electron chi connectivity index (χ1n) is 2.15. The molecule has 0 spiro atoms. The first kappa shape index (κ1) is 8.69. The molecule has 4 heteroatoms. The topological polar surface area (TPSA) is 46.5 Å².